The van der Waals surface area contributed by atoms with Crippen molar-refractivity contribution in [3.8, 4) is 0 Å². The number of ether oxygens (including phenoxy) is 1. The largest absolute Gasteiger partial charge is 0.452 e. The first-order valence-corrected chi connectivity index (χ1v) is 9.86. The molecule has 2 atom stereocenters. The van der Waals surface area contributed by atoms with E-state index < -0.39 is 28.8 Å². The van der Waals surface area contributed by atoms with Crippen molar-refractivity contribution in [2.45, 2.75) is 26.4 Å². The Morgan fingerprint density at radius 2 is 1.94 bits per heavy atom. The molecule has 3 rings (SSSR count). The highest BCUT2D eigenvalue weighted by molar-refractivity contribution is 6.33. The van der Waals surface area contributed by atoms with E-state index >= 15 is 0 Å². The molecule has 0 spiro atoms. The monoisotopic (exact) mass is 445 g/mol. The van der Waals surface area contributed by atoms with Crippen LogP contribution < -0.4 is 10.2 Å². The Kier molecular flexibility index (Phi) is 6.55. The molecule has 0 aromatic heterocycles. The summed E-state index contributed by atoms with van der Waals surface area (Å²) in [6.07, 6.45) is -1.20. The zero-order valence-electron chi connectivity index (χ0n) is 16.8. The molecule has 1 aliphatic rings. The Morgan fingerprint density at radius 3 is 2.58 bits per heavy atom. The fourth-order valence-electron chi connectivity index (χ4n) is 3.12. The van der Waals surface area contributed by atoms with E-state index in [0.29, 0.717) is 5.69 Å². The fourth-order valence-corrected chi connectivity index (χ4v) is 3.29. The first kappa shape index (κ1) is 22.2. The van der Waals surface area contributed by atoms with E-state index in [1.807, 2.05) is 19.1 Å². The number of aryl methyl sites for hydroxylation is 1. The van der Waals surface area contributed by atoms with E-state index in [1.165, 1.54) is 24.0 Å². The van der Waals surface area contributed by atoms with Crippen LogP contribution in [0.3, 0.4) is 0 Å². The molecule has 0 radical (unpaired) electrons. The predicted molar refractivity (Wildman–Crippen MR) is 114 cm³/mol. The third kappa shape index (κ3) is 5.18. The summed E-state index contributed by atoms with van der Waals surface area (Å²) in [4.78, 5) is 49.0. The van der Waals surface area contributed by atoms with E-state index in [1.54, 1.807) is 12.1 Å². The van der Waals surface area contributed by atoms with Gasteiger partial charge in [0.25, 0.3) is 11.6 Å². The van der Waals surface area contributed by atoms with Crippen LogP contribution in [0, 0.1) is 23.0 Å². The molecule has 9 nitrogen and oxygen atoms in total. The Bertz CT molecular complexity index is 1040. The van der Waals surface area contributed by atoms with Crippen molar-refractivity contribution in [3.63, 3.8) is 0 Å². The van der Waals surface area contributed by atoms with Crippen LogP contribution in [0.4, 0.5) is 17.1 Å². The van der Waals surface area contributed by atoms with Gasteiger partial charge < -0.3 is 15.0 Å². The molecule has 2 amide bonds. The van der Waals surface area contributed by atoms with Crippen LogP contribution in [-0.4, -0.2) is 35.4 Å². The molecule has 10 heteroatoms. The van der Waals surface area contributed by atoms with Gasteiger partial charge in [-0.25, -0.2) is 0 Å². The number of carbonyl (C=O) groups is 3. The second kappa shape index (κ2) is 9.13. The van der Waals surface area contributed by atoms with Crippen LogP contribution in [0.25, 0.3) is 0 Å². The van der Waals surface area contributed by atoms with Crippen molar-refractivity contribution in [1.29, 1.82) is 0 Å². The van der Waals surface area contributed by atoms with Gasteiger partial charge in [0.05, 0.1) is 21.6 Å². The summed E-state index contributed by atoms with van der Waals surface area (Å²) < 4.78 is 5.23. The summed E-state index contributed by atoms with van der Waals surface area (Å²) in [6.45, 7) is 3.46. The maximum Gasteiger partial charge on any atom is 0.312 e. The van der Waals surface area contributed by atoms with Gasteiger partial charge in [0.15, 0.2) is 6.10 Å². The lowest BCUT2D eigenvalue weighted by atomic mass is 10.1. The van der Waals surface area contributed by atoms with Gasteiger partial charge in [-0.1, -0.05) is 29.3 Å². The van der Waals surface area contributed by atoms with Crippen LogP contribution in [0.5, 0.6) is 0 Å². The quantitative estimate of drug-likeness (QED) is 0.413. The summed E-state index contributed by atoms with van der Waals surface area (Å²) >= 11 is 5.97. The normalized spacial score (nSPS) is 16.7. The van der Waals surface area contributed by atoms with Crippen LogP contribution in [-0.2, 0) is 19.1 Å². The zero-order valence-corrected chi connectivity index (χ0v) is 17.6. The van der Waals surface area contributed by atoms with Crippen molar-refractivity contribution >= 4 is 46.4 Å². The first-order valence-electron chi connectivity index (χ1n) is 9.48. The number of nitro groups is 1. The van der Waals surface area contributed by atoms with Crippen LogP contribution in [0.15, 0.2) is 42.5 Å². The van der Waals surface area contributed by atoms with Gasteiger partial charge in [-0.3, -0.25) is 24.5 Å². The summed E-state index contributed by atoms with van der Waals surface area (Å²) in [5.41, 5.74) is 1.53. The second-order valence-electron chi connectivity index (χ2n) is 7.23. The Labute approximate surface area is 183 Å². The van der Waals surface area contributed by atoms with Gasteiger partial charge >= 0.3 is 5.97 Å². The van der Waals surface area contributed by atoms with Gasteiger partial charge in [0, 0.05) is 30.8 Å². The number of carbonyl (C=O) groups excluding carboxylic acids is 3. The lowest BCUT2D eigenvalue weighted by molar-refractivity contribution is -0.384. The van der Waals surface area contributed by atoms with E-state index in [9.17, 15) is 24.5 Å². The molecule has 1 heterocycles. The molecule has 1 aliphatic heterocycles. The number of halogens is 1. The minimum absolute atomic E-state index is 0.0161. The smallest absolute Gasteiger partial charge is 0.312 e. The van der Waals surface area contributed by atoms with Crippen molar-refractivity contribution in [2.24, 2.45) is 5.92 Å². The molecule has 1 N–H and O–H groups in total. The number of rotatable bonds is 6. The number of benzene rings is 2. The molecule has 2 aromatic carbocycles. The minimum Gasteiger partial charge on any atom is -0.452 e. The van der Waals surface area contributed by atoms with E-state index in [-0.39, 0.29) is 35.3 Å². The Hall–Kier alpha value is -3.46. The molecule has 162 valence electrons. The average Bonchev–Trinajstić information content (AvgIpc) is 3.11. The van der Waals surface area contributed by atoms with Crippen molar-refractivity contribution in [1.82, 2.24) is 0 Å². The number of nitro benzene ring substituents is 1. The maximum absolute atomic E-state index is 12.5. The van der Waals surface area contributed by atoms with E-state index in [0.717, 1.165) is 11.6 Å². The summed E-state index contributed by atoms with van der Waals surface area (Å²) in [6, 6.07) is 11.0. The Balaban J connectivity index is 1.61. The molecule has 0 saturated carbocycles. The molecular formula is C21H20ClN3O6. The van der Waals surface area contributed by atoms with Gasteiger partial charge in [0.1, 0.15) is 0 Å². The van der Waals surface area contributed by atoms with Gasteiger partial charge in [-0.2, -0.15) is 0 Å². The second-order valence-corrected chi connectivity index (χ2v) is 7.64. The predicted octanol–water partition coefficient (Wildman–Crippen LogP) is 3.48. The van der Waals surface area contributed by atoms with Gasteiger partial charge in [-0.05, 0) is 32.0 Å². The molecule has 0 bridgehead atoms. The van der Waals surface area contributed by atoms with Crippen LogP contribution >= 0.6 is 11.6 Å². The summed E-state index contributed by atoms with van der Waals surface area (Å²) in [5.74, 6) is -2.28. The number of amides is 2. The summed E-state index contributed by atoms with van der Waals surface area (Å²) in [5, 5.41) is 13.4. The molecule has 2 aromatic rings. The average molecular weight is 446 g/mol. The topological polar surface area (TPSA) is 119 Å². The number of nitrogens with zero attached hydrogens (tertiary/aromatic N) is 2. The molecule has 1 fully saturated rings. The van der Waals surface area contributed by atoms with Crippen LogP contribution in [0.2, 0.25) is 5.02 Å². The number of anilines is 2. The zero-order chi connectivity index (χ0) is 22.7. The summed E-state index contributed by atoms with van der Waals surface area (Å²) in [7, 11) is 0. The third-order valence-corrected chi connectivity index (χ3v) is 5.21. The van der Waals surface area contributed by atoms with E-state index in [4.69, 9.17) is 16.3 Å². The van der Waals surface area contributed by atoms with Gasteiger partial charge in [0.2, 0.25) is 5.91 Å². The number of hydrogen-bond acceptors (Lipinski definition) is 6. The standard InChI is InChI=1S/C21H20ClN3O6/c1-12-3-5-15(6-4-12)24-11-14(9-19(24)26)21(28)31-13(2)20(27)23-18-10-16(25(29)30)7-8-17(18)22/h3-8,10,13-14H,9,11H2,1-2H3,(H,23,27). The maximum atomic E-state index is 12.5. The van der Waals surface area contributed by atoms with Crippen molar-refractivity contribution in [3.05, 3.63) is 63.2 Å². The highest BCUT2D eigenvalue weighted by Gasteiger charge is 2.37. The van der Waals surface area contributed by atoms with Gasteiger partial charge in [-0.15, -0.1) is 0 Å². The molecule has 0 aliphatic carbocycles. The number of esters is 1. The molecule has 2 unspecified atom stereocenters. The van der Waals surface area contributed by atoms with Crippen LogP contribution in [0.1, 0.15) is 18.9 Å². The third-order valence-electron chi connectivity index (χ3n) is 4.88. The highest BCUT2D eigenvalue weighted by atomic mass is 35.5. The molecule has 1 saturated heterocycles. The fraction of sp³-hybridized carbons (Fsp3) is 0.286. The number of nitrogens with one attached hydrogen (secondary N) is 1. The highest BCUT2D eigenvalue weighted by Crippen LogP contribution is 2.28. The number of hydrogen-bond donors (Lipinski definition) is 1. The Morgan fingerprint density at radius 1 is 1.26 bits per heavy atom. The first-order chi connectivity index (χ1) is 14.7. The molecule has 31 heavy (non-hydrogen) atoms. The van der Waals surface area contributed by atoms with E-state index in [2.05, 4.69) is 5.32 Å². The minimum atomic E-state index is -1.19. The lowest BCUT2D eigenvalue weighted by Crippen LogP contribution is -2.33. The lowest BCUT2D eigenvalue weighted by Gasteiger charge is -2.18. The number of non-ortho nitro benzene ring substituents is 1. The SMILES string of the molecule is Cc1ccc(N2CC(C(=O)OC(C)C(=O)Nc3cc([N+](=O)[O-])ccc3Cl)CC2=O)cc1. The van der Waals surface area contributed by atoms with Crippen molar-refractivity contribution < 1.29 is 24.0 Å². The molecular weight excluding hydrogens is 426 g/mol. The van der Waals surface area contributed by atoms with Crippen molar-refractivity contribution in [2.75, 3.05) is 16.8 Å².